The van der Waals surface area contributed by atoms with Gasteiger partial charge in [0.15, 0.2) is 0 Å². The van der Waals surface area contributed by atoms with Crippen LogP contribution in [0.1, 0.15) is 5.69 Å². The number of hydrogen-bond donors (Lipinski definition) is 1. The van der Waals surface area contributed by atoms with Crippen LogP contribution in [0.3, 0.4) is 0 Å². The van der Waals surface area contributed by atoms with Crippen molar-refractivity contribution in [3.05, 3.63) is 41.2 Å². The molecule has 0 aliphatic rings. The lowest BCUT2D eigenvalue weighted by molar-refractivity contribution is 0.290. The van der Waals surface area contributed by atoms with Gasteiger partial charge in [0.05, 0.1) is 17.3 Å². The lowest BCUT2D eigenvalue weighted by Crippen LogP contribution is -2.09. The molecule has 0 bridgehead atoms. The summed E-state index contributed by atoms with van der Waals surface area (Å²) in [5, 5.41) is 8.40. The number of para-hydroxylation sites is 1. The van der Waals surface area contributed by atoms with Gasteiger partial charge in [0.1, 0.15) is 12.4 Å². The summed E-state index contributed by atoms with van der Waals surface area (Å²) in [5.41, 5.74) is 6.20. The van der Waals surface area contributed by atoms with E-state index in [-0.39, 0.29) is 0 Å². The molecule has 0 radical (unpaired) electrons. The number of ether oxygens (including phenoxy) is 1. The highest BCUT2D eigenvalue weighted by Gasteiger charge is 2.01. The van der Waals surface area contributed by atoms with E-state index in [2.05, 4.69) is 10.3 Å². The Bertz CT molecular complexity index is 486. The molecule has 6 heteroatoms. The predicted molar refractivity (Wildman–Crippen MR) is 64.9 cm³/mol. The van der Waals surface area contributed by atoms with Crippen LogP contribution in [0.15, 0.2) is 30.5 Å². The largest absolute Gasteiger partial charge is 0.490 e. The Kier molecular flexibility index (Phi) is 3.95. The third kappa shape index (κ3) is 3.18. The van der Waals surface area contributed by atoms with Crippen LogP contribution in [-0.2, 0) is 13.1 Å². The smallest absolute Gasteiger partial charge is 0.137 e. The zero-order valence-corrected chi connectivity index (χ0v) is 9.97. The Hall–Kier alpha value is -1.59. The Morgan fingerprint density at radius 2 is 2.18 bits per heavy atom. The molecular formula is C11H13ClN4O. The average molecular weight is 253 g/mol. The van der Waals surface area contributed by atoms with Crippen LogP contribution in [-0.4, -0.2) is 21.6 Å². The molecular weight excluding hydrogens is 240 g/mol. The molecule has 2 N–H and O–H groups in total. The van der Waals surface area contributed by atoms with Crippen molar-refractivity contribution in [2.75, 3.05) is 6.61 Å². The fraction of sp³-hybridized carbons (Fsp3) is 0.273. The second-order valence-electron chi connectivity index (χ2n) is 3.46. The van der Waals surface area contributed by atoms with Gasteiger partial charge in [-0.25, -0.2) is 4.68 Å². The van der Waals surface area contributed by atoms with Gasteiger partial charge >= 0.3 is 0 Å². The maximum absolute atomic E-state index is 5.96. The first-order valence-corrected chi connectivity index (χ1v) is 5.64. The van der Waals surface area contributed by atoms with Gasteiger partial charge in [0.2, 0.25) is 0 Å². The first-order chi connectivity index (χ1) is 8.29. The summed E-state index contributed by atoms with van der Waals surface area (Å²) in [6, 6.07) is 7.36. The quantitative estimate of drug-likeness (QED) is 0.875. The number of nitrogens with zero attached hydrogens (tertiary/aromatic N) is 3. The molecule has 1 heterocycles. The Morgan fingerprint density at radius 3 is 2.88 bits per heavy atom. The van der Waals surface area contributed by atoms with E-state index in [0.717, 1.165) is 5.69 Å². The van der Waals surface area contributed by atoms with E-state index >= 15 is 0 Å². The maximum Gasteiger partial charge on any atom is 0.137 e. The van der Waals surface area contributed by atoms with Gasteiger partial charge in [0, 0.05) is 12.7 Å². The van der Waals surface area contributed by atoms with Crippen molar-refractivity contribution in [3.8, 4) is 5.75 Å². The summed E-state index contributed by atoms with van der Waals surface area (Å²) >= 11 is 5.96. The number of hydrogen-bond acceptors (Lipinski definition) is 4. The molecule has 0 atom stereocenters. The SMILES string of the molecule is NCc1cn(CCOc2ccccc2Cl)nn1. The maximum atomic E-state index is 5.96. The first kappa shape index (κ1) is 11.9. The van der Waals surface area contributed by atoms with Gasteiger partial charge < -0.3 is 10.5 Å². The number of benzene rings is 1. The minimum absolute atomic E-state index is 0.394. The third-order valence-corrected chi connectivity index (χ3v) is 2.52. The molecule has 2 aromatic rings. The summed E-state index contributed by atoms with van der Waals surface area (Å²) in [6.45, 7) is 1.49. The van der Waals surface area contributed by atoms with Gasteiger partial charge in [-0.3, -0.25) is 0 Å². The van der Waals surface area contributed by atoms with Crippen molar-refractivity contribution in [1.29, 1.82) is 0 Å². The number of rotatable bonds is 5. The van der Waals surface area contributed by atoms with Gasteiger partial charge in [0.25, 0.3) is 0 Å². The molecule has 0 amide bonds. The molecule has 17 heavy (non-hydrogen) atoms. The fourth-order valence-electron chi connectivity index (χ4n) is 1.35. The molecule has 1 aromatic carbocycles. The third-order valence-electron chi connectivity index (χ3n) is 2.21. The average Bonchev–Trinajstić information content (AvgIpc) is 2.80. The van der Waals surface area contributed by atoms with E-state index < -0.39 is 0 Å². The predicted octanol–water partition coefficient (Wildman–Crippen LogP) is 1.47. The summed E-state index contributed by atoms with van der Waals surface area (Å²) in [5.74, 6) is 0.674. The number of aromatic nitrogens is 3. The normalized spacial score (nSPS) is 10.5. The molecule has 0 aliphatic carbocycles. The second kappa shape index (κ2) is 5.65. The van der Waals surface area contributed by atoms with Crippen molar-refractivity contribution in [1.82, 2.24) is 15.0 Å². The Labute approximate surface area is 104 Å². The minimum atomic E-state index is 0.394. The molecule has 0 unspecified atom stereocenters. The van der Waals surface area contributed by atoms with Crippen LogP contribution < -0.4 is 10.5 Å². The van der Waals surface area contributed by atoms with Crippen LogP contribution in [0.4, 0.5) is 0 Å². The number of halogens is 1. The van der Waals surface area contributed by atoms with Crippen LogP contribution in [0.25, 0.3) is 0 Å². The van der Waals surface area contributed by atoms with E-state index in [1.54, 1.807) is 16.9 Å². The topological polar surface area (TPSA) is 66.0 Å². The molecule has 90 valence electrons. The van der Waals surface area contributed by atoms with Crippen LogP contribution >= 0.6 is 11.6 Å². The van der Waals surface area contributed by atoms with Gasteiger partial charge in [-0.15, -0.1) is 5.10 Å². The van der Waals surface area contributed by atoms with Crippen LogP contribution in [0.2, 0.25) is 5.02 Å². The zero-order chi connectivity index (χ0) is 12.1. The van der Waals surface area contributed by atoms with E-state index in [9.17, 15) is 0 Å². The molecule has 0 saturated carbocycles. The molecule has 0 aliphatic heterocycles. The van der Waals surface area contributed by atoms with Crippen LogP contribution in [0, 0.1) is 0 Å². The lowest BCUT2D eigenvalue weighted by Gasteiger charge is -2.06. The molecule has 0 saturated heterocycles. The monoisotopic (exact) mass is 252 g/mol. The molecule has 0 fully saturated rings. The summed E-state index contributed by atoms with van der Waals surface area (Å²) in [4.78, 5) is 0. The molecule has 5 nitrogen and oxygen atoms in total. The highest BCUT2D eigenvalue weighted by atomic mass is 35.5. The molecule has 0 spiro atoms. The van der Waals surface area contributed by atoms with E-state index in [4.69, 9.17) is 22.1 Å². The minimum Gasteiger partial charge on any atom is -0.490 e. The number of nitrogens with two attached hydrogens (primary N) is 1. The van der Waals surface area contributed by atoms with Gasteiger partial charge in [-0.2, -0.15) is 0 Å². The van der Waals surface area contributed by atoms with Crippen molar-refractivity contribution < 1.29 is 4.74 Å². The molecule has 1 aromatic heterocycles. The summed E-state index contributed by atoms with van der Waals surface area (Å²) in [6.07, 6.45) is 1.80. The summed E-state index contributed by atoms with van der Waals surface area (Å²) < 4.78 is 7.23. The van der Waals surface area contributed by atoms with Gasteiger partial charge in [-0.1, -0.05) is 28.9 Å². The van der Waals surface area contributed by atoms with Crippen molar-refractivity contribution in [2.45, 2.75) is 13.1 Å². The molecule has 2 rings (SSSR count). The summed E-state index contributed by atoms with van der Waals surface area (Å²) in [7, 11) is 0. The Balaban J connectivity index is 1.85. The first-order valence-electron chi connectivity index (χ1n) is 5.26. The van der Waals surface area contributed by atoms with Crippen molar-refractivity contribution in [3.63, 3.8) is 0 Å². The lowest BCUT2D eigenvalue weighted by atomic mass is 10.3. The zero-order valence-electron chi connectivity index (χ0n) is 9.21. The standard InChI is InChI=1S/C11H13ClN4O/c12-10-3-1-2-4-11(10)17-6-5-16-8-9(7-13)14-15-16/h1-4,8H,5-7,13H2. The van der Waals surface area contributed by atoms with Gasteiger partial charge in [-0.05, 0) is 12.1 Å². The fourth-order valence-corrected chi connectivity index (χ4v) is 1.54. The second-order valence-corrected chi connectivity index (χ2v) is 3.86. The highest BCUT2D eigenvalue weighted by molar-refractivity contribution is 6.32. The van der Waals surface area contributed by atoms with E-state index in [1.165, 1.54) is 0 Å². The van der Waals surface area contributed by atoms with E-state index in [1.807, 2.05) is 18.2 Å². The van der Waals surface area contributed by atoms with E-state index in [0.29, 0.717) is 30.5 Å². The van der Waals surface area contributed by atoms with Crippen LogP contribution in [0.5, 0.6) is 5.75 Å². The Morgan fingerprint density at radius 1 is 1.35 bits per heavy atom. The van der Waals surface area contributed by atoms with Crippen molar-refractivity contribution in [2.24, 2.45) is 5.73 Å². The van der Waals surface area contributed by atoms with Crippen molar-refractivity contribution >= 4 is 11.6 Å². The highest BCUT2D eigenvalue weighted by Crippen LogP contribution is 2.22.